The Balaban J connectivity index is 1.69. The quantitative estimate of drug-likeness (QED) is 0.800. The molecule has 0 aromatic heterocycles. The summed E-state index contributed by atoms with van der Waals surface area (Å²) in [4.78, 5) is 13.1. The van der Waals surface area contributed by atoms with E-state index in [0.29, 0.717) is 6.61 Å². The van der Waals surface area contributed by atoms with Crippen molar-refractivity contribution >= 4 is 5.97 Å². The number of nitrogens with zero attached hydrogens (tertiary/aromatic N) is 1. The molecule has 104 valence electrons. The van der Waals surface area contributed by atoms with E-state index in [1.165, 1.54) is 5.56 Å². The van der Waals surface area contributed by atoms with Crippen molar-refractivity contribution in [3.63, 3.8) is 0 Å². The second-order valence-electron chi connectivity index (χ2n) is 5.05. The maximum absolute atomic E-state index is 11.0. The summed E-state index contributed by atoms with van der Waals surface area (Å²) in [5, 5.41) is 9.07. The fourth-order valence-corrected chi connectivity index (χ4v) is 2.47. The normalized spacial score (nSPS) is 19.5. The Morgan fingerprint density at radius 1 is 1.42 bits per heavy atom. The van der Waals surface area contributed by atoms with Crippen LogP contribution in [0.3, 0.4) is 0 Å². The number of ether oxygens (including phenoxy) is 1. The van der Waals surface area contributed by atoms with Crippen molar-refractivity contribution in [1.82, 2.24) is 4.90 Å². The zero-order valence-corrected chi connectivity index (χ0v) is 11.3. The van der Waals surface area contributed by atoms with E-state index in [-0.39, 0.29) is 6.04 Å². The van der Waals surface area contributed by atoms with Gasteiger partial charge in [-0.2, -0.15) is 0 Å². The Kier molecular flexibility index (Phi) is 4.80. The van der Waals surface area contributed by atoms with Crippen molar-refractivity contribution in [2.24, 2.45) is 0 Å². The van der Waals surface area contributed by atoms with E-state index in [4.69, 9.17) is 9.84 Å². The summed E-state index contributed by atoms with van der Waals surface area (Å²) in [6.45, 7) is 4.36. The predicted molar refractivity (Wildman–Crippen MR) is 73.5 cm³/mol. The molecular formula is C15H21NO3. The topological polar surface area (TPSA) is 49.8 Å². The van der Waals surface area contributed by atoms with Gasteiger partial charge in [-0.15, -0.1) is 0 Å². The first-order chi connectivity index (χ1) is 9.16. The van der Waals surface area contributed by atoms with E-state index in [2.05, 4.69) is 0 Å². The van der Waals surface area contributed by atoms with Gasteiger partial charge in [-0.3, -0.25) is 9.69 Å². The number of hydrogen-bond acceptors (Lipinski definition) is 3. The third kappa shape index (κ3) is 3.96. The van der Waals surface area contributed by atoms with E-state index in [1.54, 1.807) is 0 Å². The number of carbonyl (C=O) groups is 1. The molecule has 1 unspecified atom stereocenters. The van der Waals surface area contributed by atoms with Gasteiger partial charge in [0.2, 0.25) is 0 Å². The van der Waals surface area contributed by atoms with E-state index < -0.39 is 5.97 Å². The van der Waals surface area contributed by atoms with Crippen LogP contribution < -0.4 is 4.74 Å². The summed E-state index contributed by atoms with van der Waals surface area (Å²) < 4.78 is 5.64. The number of benzene rings is 1. The molecule has 1 fully saturated rings. The van der Waals surface area contributed by atoms with Crippen molar-refractivity contribution in [3.05, 3.63) is 29.8 Å². The van der Waals surface area contributed by atoms with E-state index in [0.717, 1.165) is 38.1 Å². The lowest BCUT2D eigenvalue weighted by Crippen LogP contribution is -2.36. The highest BCUT2D eigenvalue weighted by molar-refractivity contribution is 5.73. The molecule has 0 radical (unpaired) electrons. The summed E-state index contributed by atoms with van der Waals surface area (Å²) in [6.07, 6.45) is 2.61. The maximum atomic E-state index is 11.0. The lowest BCUT2D eigenvalue weighted by molar-refractivity contribution is -0.142. The Morgan fingerprint density at radius 3 is 2.84 bits per heavy atom. The molecule has 4 heteroatoms. The van der Waals surface area contributed by atoms with Gasteiger partial charge in [-0.05, 0) is 44.9 Å². The molecule has 1 aromatic rings. The molecule has 4 nitrogen and oxygen atoms in total. The lowest BCUT2D eigenvalue weighted by atomic mass is 10.2. The Labute approximate surface area is 114 Å². The number of hydrogen-bond donors (Lipinski definition) is 1. The fraction of sp³-hybridized carbons (Fsp3) is 0.533. The van der Waals surface area contributed by atoms with Crippen LogP contribution in [0.1, 0.15) is 24.8 Å². The summed E-state index contributed by atoms with van der Waals surface area (Å²) in [5.74, 6) is 0.179. The molecule has 1 atom stereocenters. The maximum Gasteiger partial charge on any atom is 0.320 e. The van der Waals surface area contributed by atoms with Crippen LogP contribution in [0.2, 0.25) is 0 Å². The largest absolute Gasteiger partial charge is 0.494 e. The van der Waals surface area contributed by atoms with Gasteiger partial charge in [0.25, 0.3) is 0 Å². The van der Waals surface area contributed by atoms with Gasteiger partial charge in [-0.25, -0.2) is 0 Å². The van der Waals surface area contributed by atoms with Crippen LogP contribution in [0.15, 0.2) is 24.3 Å². The molecule has 0 saturated carbocycles. The Hall–Kier alpha value is -1.55. The smallest absolute Gasteiger partial charge is 0.320 e. The highest BCUT2D eigenvalue weighted by Gasteiger charge is 2.29. The standard InChI is InChI=1S/C15H21NO3/c1-12-5-7-13(8-6-12)19-11-3-10-16-9-2-4-14(16)15(17)18/h5-8,14H,2-4,9-11H2,1H3,(H,17,18). The SMILES string of the molecule is Cc1ccc(OCCCN2CCCC2C(=O)O)cc1. The first-order valence-corrected chi connectivity index (χ1v) is 6.83. The summed E-state index contributed by atoms with van der Waals surface area (Å²) in [5.41, 5.74) is 1.22. The molecule has 1 aliphatic rings. The number of aryl methyl sites for hydroxylation is 1. The monoisotopic (exact) mass is 263 g/mol. The molecule has 2 rings (SSSR count). The minimum absolute atomic E-state index is 0.292. The van der Waals surface area contributed by atoms with Gasteiger partial charge in [-0.1, -0.05) is 17.7 Å². The molecule has 0 amide bonds. The van der Waals surface area contributed by atoms with Crippen LogP contribution in [-0.4, -0.2) is 41.7 Å². The van der Waals surface area contributed by atoms with Crippen molar-refractivity contribution in [2.75, 3.05) is 19.7 Å². The van der Waals surface area contributed by atoms with Gasteiger partial charge in [0.15, 0.2) is 0 Å². The third-order valence-corrected chi connectivity index (χ3v) is 3.53. The highest BCUT2D eigenvalue weighted by Crippen LogP contribution is 2.17. The van der Waals surface area contributed by atoms with Crippen LogP contribution in [0, 0.1) is 6.92 Å². The van der Waals surface area contributed by atoms with Gasteiger partial charge in [0, 0.05) is 6.54 Å². The summed E-state index contributed by atoms with van der Waals surface area (Å²) >= 11 is 0. The van der Waals surface area contributed by atoms with E-state index in [9.17, 15) is 4.79 Å². The van der Waals surface area contributed by atoms with Gasteiger partial charge >= 0.3 is 5.97 Å². The Morgan fingerprint density at radius 2 is 2.16 bits per heavy atom. The molecule has 0 spiro atoms. The van der Waals surface area contributed by atoms with Crippen molar-refractivity contribution in [2.45, 2.75) is 32.2 Å². The fourth-order valence-electron chi connectivity index (χ4n) is 2.47. The number of carboxylic acids is 1. The summed E-state index contributed by atoms with van der Waals surface area (Å²) in [7, 11) is 0. The molecule has 0 bridgehead atoms. The molecule has 1 N–H and O–H groups in total. The van der Waals surface area contributed by atoms with Crippen LogP contribution in [0.4, 0.5) is 0 Å². The molecule has 1 aromatic carbocycles. The molecule has 1 saturated heterocycles. The van der Waals surface area contributed by atoms with Crippen molar-refractivity contribution in [3.8, 4) is 5.75 Å². The first kappa shape index (κ1) is 13.9. The highest BCUT2D eigenvalue weighted by atomic mass is 16.5. The number of rotatable bonds is 6. The molecule has 0 aliphatic carbocycles. The first-order valence-electron chi connectivity index (χ1n) is 6.83. The van der Waals surface area contributed by atoms with E-state index in [1.807, 2.05) is 36.1 Å². The average molecular weight is 263 g/mol. The second kappa shape index (κ2) is 6.57. The van der Waals surface area contributed by atoms with Gasteiger partial charge < -0.3 is 9.84 Å². The molecular weight excluding hydrogens is 242 g/mol. The zero-order valence-electron chi connectivity index (χ0n) is 11.3. The number of aliphatic carboxylic acids is 1. The van der Waals surface area contributed by atoms with Crippen LogP contribution >= 0.6 is 0 Å². The van der Waals surface area contributed by atoms with Gasteiger partial charge in [0.1, 0.15) is 11.8 Å². The van der Waals surface area contributed by atoms with E-state index >= 15 is 0 Å². The molecule has 1 heterocycles. The van der Waals surface area contributed by atoms with Crippen LogP contribution in [0.5, 0.6) is 5.75 Å². The van der Waals surface area contributed by atoms with Crippen molar-refractivity contribution in [1.29, 1.82) is 0 Å². The average Bonchev–Trinajstić information content (AvgIpc) is 2.85. The Bertz CT molecular complexity index is 416. The number of carboxylic acid groups (broad SMARTS) is 1. The van der Waals surface area contributed by atoms with Crippen LogP contribution in [0.25, 0.3) is 0 Å². The zero-order chi connectivity index (χ0) is 13.7. The third-order valence-electron chi connectivity index (χ3n) is 3.53. The molecule has 1 aliphatic heterocycles. The lowest BCUT2D eigenvalue weighted by Gasteiger charge is -2.20. The van der Waals surface area contributed by atoms with Crippen LogP contribution in [-0.2, 0) is 4.79 Å². The molecule has 19 heavy (non-hydrogen) atoms. The minimum Gasteiger partial charge on any atom is -0.494 e. The second-order valence-corrected chi connectivity index (χ2v) is 5.05. The summed E-state index contributed by atoms with van der Waals surface area (Å²) in [6, 6.07) is 7.68. The van der Waals surface area contributed by atoms with Gasteiger partial charge in [0.05, 0.1) is 6.61 Å². The predicted octanol–water partition coefficient (Wildman–Crippen LogP) is 2.31. The number of likely N-dealkylation sites (tertiary alicyclic amines) is 1. The van der Waals surface area contributed by atoms with Crippen molar-refractivity contribution < 1.29 is 14.6 Å². The minimum atomic E-state index is -0.697.